The Balaban J connectivity index is 0.000000209. The number of fused-ring (bicyclic) bond motifs is 2. The molecule has 0 saturated carbocycles. The third-order valence-electron chi connectivity index (χ3n) is 11.3. The lowest BCUT2D eigenvalue weighted by Gasteiger charge is -2.21. The summed E-state index contributed by atoms with van der Waals surface area (Å²) in [6.45, 7) is 24.3. The fraction of sp³-hybridized carbons (Fsp3) is 0.375. The molecular weight excluding hydrogens is 781 g/mol. The molecule has 2 aliphatic rings. The third kappa shape index (κ3) is 8.92. The lowest BCUT2D eigenvalue weighted by atomic mass is 10.1. The lowest BCUT2D eigenvalue weighted by molar-refractivity contribution is 0.201. The molecule has 4 heterocycles. The van der Waals surface area contributed by atoms with Gasteiger partial charge in [0.15, 0.2) is 11.6 Å². The maximum absolute atomic E-state index is 13.2. The predicted octanol–water partition coefficient (Wildman–Crippen LogP) is 7.99. The van der Waals surface area contributed by atoms with Crippen LogP contribution in [-0.4, -0.2) is 89.2 Å². The monoisotopic (exact) mass is 838 g/mol. The summed E-state index contributed by atoms with van der Waals surface area (Å²) >= 11 is 0. The zero-order chi connectivity index (χ0) is 44.8. The lowest BCUT2D eigenvalue weighted by Crippen LogP contribution is -2.27. The Labute approximate surface area is 364 Å². The fourth-order valence-corrected chi connectivity index (χ4v) is 7.65. The number of hydrogen-bond acceptors (Lipinski definition) is 12. The van der Waals surface area contributed by atoms with Crippen LogP contribution in [0.1, 0.15) is 81.1 Å². The van der Waals surface area contributed by atoms with E-state index in [-0.39, 0.29) is 11.1 Å². The van der Waals surface area contributed by atoms with Crippen LogP contribution >= 0.6 is 0 Å². The van der Waals surface area contributed by atoms with Gasteiger partial charge in [-0.3, -0.25) is 9.59 Å². The number of aliphatic imine (C=N–C) groups is 2. The highest BCUT2D eigenvalue weighted by molar-refractivity contribution is 6.49. The van der Waals surface area contributed by atoms with Gasteiger partial charge in [-0.05, 0) is 129 Å². The Morgan fingerprint density at radius 1 is 0.645 bits per heavy atom. The first-order chi connectivity index (χ1) is 29.8. The van der Waals surface area contributed by atoms with Crippen molar-refractivity contribution in [3.8, 4) is 17.0 Å². The first kappa shape index (κ1) is 45.0. The summed E-state index contributed by atoms with van der Waals surface area (Å²) in [5.41, 5.74) is 11.6. The van der Waals surface area contributed by atoms with E-state index in [1.807, 2.05) is 71.0 Å². The number of benzene rings is 3. The number of aryl methyl sites for hydroxylation is 3. The predicted molar refractivity (Wildman–Crippen MR) is 253 cm³/mol. The highest BCUT2D eigenvalue weighted by Crippen LogP contribution is 2.32. The van der Waals surface area contributed by atoms with Crippen LogP contribution in [0.2, 0.25) is 0 Å². The van der Waals surface area contributed by atoms with Crippen molar-refractivity contribution >= 4 is 45.6 Å². The quantitative estimate of drug-likeness (QED) is 0.116. The second kappa shape index (κ2) is 19.4. The molecule has 5 aromatic rings. The second-order valence-corrected chi connectivity index (χ2v) is 15.2. The topological polar surface area (TPSA) is 144 Å². The molecule has 14 nitrogen and oxygen atoms in total. The molecule has 62 heavy (non-hydrogen) atoms. The van der Waals surface area contributed by atoms with Crippen molar-refractivity contribution in [3.05, 3.63) is 121 Å². The van der Waals surface area contributed by atoms with E-state index in [9.17, 15) is 9.59 Å². The van der Waals surface area contributed by atoms with E-state index in [4.69, 9.17) is 24.4 Å². The number of methoxy groups -OCH3 is 2. The summed E-state index contributed by atoms with van der Waals surface area (Å²) in [5, 5.41) is 8.88. The zero-order valence-corrected chi connectivity index (χ0v) is 38.1. The summed E-state index contributed by atoms with van der Waals surface area (Å²) in [4.78, 5) is 49.9. The molecule has 0 unspecified atom stereocenters. The first-order valence-electron chi connectivity index (χ1n) is 21.2. The van der Waals surface area contributed by atoms with E-state index in [2.05, 4.69) is 76.9 Å². The molecule has 0 N–H and O–H groups in total. The Morgan fingerprint density at radius 2 is 1.15 bits per heavy atom. The largest absolute Gasteiger partial charge is 0.496 e. The van der Waals surface area contributed by atoms with Crippen LogP contribution in [0.25, 0.3) is 11.3 Å². The molecule has 0 fully saturated rings. The Bertz CT molecular complexity index is 2740. The molecule has 3 aromatic carbocycles. The van der Waals surface area contributed by atoms with Crippen molar-refractivity contribution in [1.29, 1.82) is 0 Å². The summed E-state index contributed by atoms with van der Waals surface area (Å²) < 4.78 is 13.3. The highest BCUT2D eigenvalue weighted by atomic mass is 16.5. The van der Waals surface area contributed by atoms with Gasteiger partial charge in [0.25, 0.3) is 11.1 Å². The SMILES string of the molecule is CCN(CC)c1ccc(N=C2C(C)=Nn3c2nc(-c2ccccc2OC)c(C)c3=O)c(C)c1.CCN(CC)c1ccc(N=C2C(C)=Nn3c2nc(C)c(CCOC)c3=O)c(C)c1. The molecule has 324 valence electrons. The van der Waals surface area contributed by atoms with Crippen LogP contribution in [-0.2, 0) is 11.2 Å². The summed E-state index contributed by atoms with van der Waals surface area (Å²) in [5.74, 6) is 1.60. The number of nitrogens with zero attached hydrogens (tertiary/aromatic N) is 10. The molecule has 0 radical (unpaired) electrons. The minimum atomic E-state index is -0.209. The van der Waals surface area contributed by atoms with Gasteiger partial charge in [0.1, 0.15) is 17.2 Å². The average molecular weight is 839 g/mol. The van der Waals surface area contributed by atoms with Gasteiger partial charge in [0.2, 0.25) is 0 Å². The Morgan fingerprint density at radius 3 is 1.63 bits per heavy atom. The molecule has 14 heteroatoms. The van der Waals surface area contributed by atoms with Crippen LogP contribution in [0.5, 0.6) is 5.75 Å². The maximum Gasteiger partial charge on any atom is 0.278 e. The number of hydrogen-bond donors (Lipinski definition) is 0. The van der Waals surface area contributed by atoms with E-state index in [0.29, 0.717) is 75.8 Å². The summed E-state index contributed by atoms with van der Waals surface area (Å²) in [6.07, 6.45) is 0.515. The summed E-state index contributed by atoms with van der Waals surface area (Å²) in [7, 11) is 3.23. The van der Waals surface area contributed by atoms with Crippen LogP contribution in [0.15, 0.2) is 90.4 Å². The first-order valence-corrected chi connectivity index (χ1v) is 21.2. The molecule has 7 rings (SSSR count). The van der Waals surface area contributed by atoms with Gasteiger partial charge in [-0.15, -0.1) is 0 Å². The molecule has 0 atom stereocenters. The van der Waals surface area contributed by atoms with Crippen molar-refractivity contribution in [2.24, 2.45) is 20.2 Å². The maximum atomic E-state index is 13.2. The Kier molecular flexibility index (Phi) is 14.1. The van der Waals surface area contributed by atoms with Crippen molar-refractivity contribution < 1.29 is 9.47 Å². The van der Waals surface area contributed by atoms with Gasteiger partial charge in [0, 0.05) is 73.5 Å². The van der Waals surface area contributed by atoms with E-state index in [1.54, 1.807) is 21.1 Å². The summed E-state index contributed by atoms with van der Waals surface area (Å²) in [6, 6.07) is 20.0. The molecule has 0 spiro atoms. The minimum Gasteiger partial charge on any atom is -0.496 e. The standard InChI is InChI=1S/C26H29N5O2.C22H29N5O2/c1-7-30(8-2)19-13-14-21(16(3)15-19)27-24-18(5)29-31-25(24)28-23(17(4)26(31)32)20-11-9-10-12-22(20)33-6;1-7-26(8-2)17-9-10-19(14(3)13-17)24-20-16(5)25-27-21(20)23-15(4)18(22(27)28)11-12-29-6/h9-15H,7-8H2,1-6H3;9-10,13H,7-8,11-12H2,1-6H3. The van der Waals surface area contributed by atoms with Crippen molar-refractivity contribution in [2.45, 2.75) is 75.7 Å². The number of para-hydroxylation sites is 1. The average Bonchev–Trinajstić information content (AvgIpc) is 3.75. The fourth-order valence-electron chi connectivity index (χ4n) is 7.65. The van der Waals surface area contributed by atoms with Crippen molar-refractivity contribution in [1.82, 2.24) is 19.3 Å². The van der Waals surface area contributed by atoms with Crippen molar-refractivity contribution in [2.75, 3.05) is 56.8 Å². The molecule has 0 saturated heterocycles. The van der Waals surface area contributed by atoms with Gasteiger partial charge in [-0.25, -0.2) is 20.0 Å². The van der Waals surface area contributed by atoms with Gasteiger partial charge in [-0.1, -0.05) is 12.1 Å². The van der Waals surface area contributed by atoms with Gasteiger partial charge >= 0.3 is 0 Å². The van der Waals surface area contributed by atoms with Crippen LogP contribution < -0.4 is 25.7 Å². The van der Waals surface area contributed by atoms with Gasteiger partial charge in [0.05, 0.1) is 42.2 Å². The van der Waals surface area contributed by atoms with Crippen LogP contribution in [0.3, 0.4) is 0 Å². The molecule has 2 aliphatic heterocycles. The van der Waals surface area contributed by atoms with E-state index < -0.39 is 0 Å². The van der Waals surface area contributed by atoms with Crippen LogP contribution in [0.4, 0.5) is 22.7 Å². The highest BCUT2D eigenvalue weighted by Gasteiger charge is 2.28. The molecule has 2 aromatic heterocycles. The van der Waals surface area contributed by atoms with E-state index in [0.717, 1.165) is 54.2 Å². The van der Waals surface area contributed by atoms with Crippen molar-refractivity contribution in [3.63, 3.8) is 0 Å². The van der Waals surface area contributed by atoms with E-state index >= 15 is 0 Å². The smallest absolute Gasteiger partial charge is 0.278 e. The Hall–Kier alpha value is -6.54. The third-order valence-corrected chi connectivity index (χ3v) is 11.3. The number of ether oxygens (including phenoxy) is 2. The number of aromatic nitrogens is 4. The van der Waals surface area contributed by atoms with E-state index in [1.165, 1.54) is 20.7 Å². The van der Waals surface area contributed by atoms with Gasteiger partial charge < -0.3 is 19.3 Å². The zero-order valence-electron chi connectivity index (χ0n) is 38.1. The molecule has 0 aliphatic carbocycles. The van der Waals surface area contributed by atoms with Crippen LogP contribution in [0, 0.1) is 27.7 Å². The second-order valence-electron chi connectivity index (χ2n) is 15.2. The molecule has 0 amide bonds. The van der Waals surface area contributed by atoms with Gasteiger partial charge in [-0.2, -0.15) is 19.6 Å². The number of rotatable bonds is 13. The molecule has 0 bridgehead atoms. The normalized spacial score (nSPS) is 14.0. The minimum absolute atomic E-state index is 0.150. The molecular formula is C48H58N10O4. The number of anilines is 2.